The standard InChI is InChI=1S/C35H42N4O5/c1-23-19-39(24(2)21-40)34(41)33-32(29-12-8-9-13-30(29)38(33)4)28-11-7-6-10-26(28)22-44-31(23)20-37(3)35(42)36-18-25-14-16-27(43-5)17-15-25/h6-17,23-24,31,40H,18-22H2,1-5H3,(H,36,42)/t23-,24-,31+/m0/s1. The van der Waals surface area contributed by atoms with Gasteiger partial charge in [-0.05, 0) is 41.8 Å². The molecule has 0 bridgehead atoms. The molecule has 0 radical (unpaired) electrons. The molecule has 1 aliphatic heterocycles. The lowest BCUT2D eigenvalue weighted by molar-refractivity contribution is -0.0185. The zero-order valence-corrected chi connectivity index (χ0v) is 26.1. The fraction of sp³-hybridized carbons (Fsp3) is 0.371. The smallest absolute Gasteiger partial charge is 0.317 e. The number of carbonyl (C=O) groups is 2. The Hall–Kier alpha value is -4.34. The maximum Gasteiger partial charge on any atom is 0.317 e. The molecule has 2 heterocycles. The highest BCUT2D eigenvalue weighted by Crippen LogP contribution is 2.38. The second-order valence-corrected chi connectivity index (χ2v) is 11.7. The number of aryl methyl sites for hydroxylation is 1. The number of likely N-dealkylation sites (N-methyl/N-ethyl adjacent to an activating group) is 1. The van der Waals surface area contributed by atoms with Crippen LogP contribution in [-0.4, -0.2) is 77.4 Å². The van der Waals surface area contributed by atoms with Gasteiger partial charge in [0.1, 0.15) is 11.4 Å². The third-order valence-corrected chi connectivity index (χ3v) is 8.63. The van der Waals surface area contributed by atoms with E-state index in [2.05, 4.69) is 5.32 Å². The number of rotatable bonds is 7. The number of para-hydroxylation sites is 1. The van der Waals surface area contributed by atoms with Crippen molar-refractivity contribution in [3.8, 4) is 16.9 Å². The lowest BCUT2D eigenvalue weighted by Gasteiger charge is -2.35. The van der Waals surface area contributed by atoms with Crippen molar-refractivity contribution < 1.29 is 24.2 Å². The number of nitrogens with one attached hydrogen (secondary N) is 1. The van der Waals surface area contributed by atoms with Gasteiger partial charge in [0, 0.05) is 56.1 Å². The average molecular weight is 599 g/mol. The molecular formula is C35H42N4O5. The monoisotopic (exact) mass is 598 g/mol. The van der Waals surface area contributed by atoms with Crippen LogP contribution >= 0.6 is 0 Å². The van der Waals surface area contributed by atoms with Crippen LogP contribution in [0.3, 0.4) is 0 Å². The van der Waals surface area contributed by atoms with E-state index in [1.165, 1.54) is 0 Å². The number of aliphatic hydroxyl groups excluding tert-OH is 1. The first-order chi connectivity index (χ1) is 21.2. The molecule has 5 rings (SSSR count). The van der Waals surface area contributed by atoms with Crippen molar-refractivity contribution in [2.75, 3.05) is 33.9 Å². The average Bonchev–Trinajstić information content (AvgIpc) is 3.34. The minimum absolute atomic E-state index is 0.145. The van der Waals surface area contributed by atoms with Crippen LogP contribution < -0.4 is 10.1 Å². The summed E-state index contributed by atoms with van der Waals surface area (Å²) in [6.07, 6.45) is -0.376. The summed E-state index contributed by atoms with van der Waals surface area (Å²) in [5.41, 5.74) is 5.27. The molecule has 232 valence electrons. The van der Waals surface area contributed by atoms with Crippen molar-refractivity contribution in [2.24, 2.45) is 13.0 Å². The number of amides is 3. The topological polar surface area (TPSA) is 96.3 Å². The van der Waals surface area contributed by atoms with Crippen LogP contribution in [0.2, 0.25) is 0 Å². The highest BCUT2D eigenvalue weighted by Gasteiger charge is 2.34. The van der Waals surface area contributed by atoms with Crippen molar-refractivity contribution in [1.82, 2.24) is 19.7 Å². The lowest BCUT2D eigenvalue weighted by atomic mass is 9.96. The molecule has 0 fully saturated rings. The van der Waals surface area contributed by atoms with Gasteiger partial charge in [0.15, 0.2) is 0 Å². The van der Waals surface area contributed by atoms with E-state index in [-0.39, 0.29) is 30.6 Å². The molecule has 0 saturated heterocycles. The van der Waals surface area contributed by atoms with Gasteiger partial charge in [0.05, 0.1) is 32.5 Å². The van der Waals surface area contributed by atoms with E-state index >= 15 is 0 Å². The van der Waals surface area contributed by atoms with Crippen LogP contribution in [0.1, 0.15) is 35.5 Å². The minimum Gasteiger partial charge on any atom is -0.497 e. The molecule has 9 nitrogen and oxygen atoms in total. The van der Waals surface area contributed by atoms with Gasteiger partial charge in [0.25, 0.3) is 5.91 Å². The Morgan fingerprint density at radius 1 is 1.11 bits per heavy atom. The number of hydrogen-bond acceptors (Lipinski definition) is 5. The van der Waals surface area contributed by atoms with Crippen molar-refractivity contribution >= 4 is 22.8 Å². The third kappa shape index (κ3) is 6.30. The summed E-state index contributed by atoms with van der Waals surface area (Å²) in [6.45, 7) is 5.09. The molecule has 4 aromatic rings. The van der Waals surface area contributed by atoms with E-state index in [0.29, 0.717) is 31.9 Å². The number of ether oxygens (including phenoxy) is 2. The predicted molar refractivity (Wildman–Crippen MR) is 172 cm³/mol. The van der Waals surface area contributed by atoms with Crippen molar-refractivity contribution in [2.45, 2.75) is 39.1 Å². The predicted octanol–water partition coefficient (Wildman–Crippen LogP) is 5.05. The Kier molecular flexibility index (Phi) is 9.56. The number of aliphatic hydroxyl groups is 1. The van der Waals surface area contributed by atoms with Gasteiger partial charge < -0.3 is 34.3 Å². The molecule has 3 amide bonds. The van der Waals surface area contributed by atoms with Crippen LogP contribution in [-0.2, 0) is 24.9 Å². The summed E-state index contributed by atoms with van der Waals surface area (Å²) in [5.74, 6) is 0.470. The number of carbonyl (C=O) groups excluding carboxylic acids is 2. The summed E-state index contributed by atoms with van der Waals surface area (Å²) in [7, 11) is 5.29. The van der Waals surface area contributed by atoms with Crippen molar-refractivity contribution in [1.29, 1.82) is 0 Å². The summed E-state index contributed by atoms with van der Waals surface area (Å²) >= 11 is 0. The third-order valence-electron chi connectivity index (χ3n) is 8.63. The normalized spacial score (nSPS) is 17.8. The summed E-state index contributed by atoms with van der Waals surface area (Å²) in [6, 6.07) is 23.0. The molecule has 3 atom stereocenters. The van der Waals surface area contributed by atoms with E-state index in [0.717, 1.165) is 38.9 Å². The second kappa shape index (κ2) is 13.5. The van der Waals surface area contributed by atoms with Crippen molar-refractivity contribution in [3.05, 3.63) is 89.6 Å². The van der Waals surface area contributed by atoms with Gasteiger partial charge in [-0.25, -0.2) is 4.79 Å². The Morgan fingerprint density at radius 2 is 1.82 bits per heavy atom. The molecule has 44 heavy (non-hydrogen) atoms. The molecule has 2 N–H and O–H groups in total. The van der Waals surface area contributed by atoms with Gasteiger partial charge in [0.2, 0.25) is 0 Å². The Morgan fingerprint density at radius 3 is 2.55 bits per heavy atom. The van der Waals surface area contributed by atoms with E-state index in [1.807, 2.05) is 98.3 Å². The number of hydrogen-bond donors (Lipinski definition) is 2. The second-order valence-electron chi connectivity index (χ2n) is 11.7. The van der Waals surface area contributed by atoms with Gasteiger partial charge >= 0.3 is 6.03 Å². The van der Waals surface area contributed by atoms with E-state index < -0.39 is 6.04 Å². The zero-order valence-electron chi connectivity index (χ0n) is 26.1. The summed E-state index contributed by atoms with van der Waals surface area (Å²) in [4.78, 5) is 31.0. The fourth-order valence-corrected chi connectivity index (χ4v) is 5.93. The molecule has 3 aromatic carbocycles. The molecule has 1 aliphatic rings. The number of aromatic nitrogens is 1. The number of methoxy groups -OCH3 is 1. The molecule has 1 aromatic heterocycles. The maximum atomic E-state index is 14.5. The van der Waals surface area contributed by atoms with Crippen LogP contribution in [0.4, 0.5) is 4.79 Å². The largest absolute Gasteiger partial charge is 0.497 e. The summed E-state index contributed by atoms with van der Waals surface area (Å²) < 4.78 is 13.8. The van der Waals surface area contributed by atoms with E-state index in [1.54, 1.807) is 24.0 Å². The minimum atomic E-state index is -0.419. The quantitative estimate of drug-likeness (QED) is 0.310. The fourth-order valence-electron chi connectivity index (χ4n) is 5.93. The number of nitrogens with zero attached hydrogens (tertiary/aromatic N) is 3. The van der Waals surface area contributed by atoms with Gasteiger partial charge in [-0.15, -0.1) is 0 Å². The summed E-state index contributed by atoms with van der Waals surface area (Å²) in [5, 5.41) is 14.2. The molecule has 0 spiro atoms. The first-order valence-electron chi connectivity index (χ1n) is 15.0. The number of benzene rings is 3. The lowest BCUT2D eigenvalue weighted by Crippen LogP contribution is -2.49. The van der Waals surface area contributed by atoms with Crippen LogP contribution in [0.5, 0.6) is 5.75 Å². The van der Waals surface area contributed by atoms with Gasteiger partial charge in [-0.2, -0.15) is 0 Å². The Bertz CT molecular complexity index is 1620. The van der Waals surface area contributed by atoms with Crippen LogP contribution in [0.25, 0.3) is 22.0 Å². The maximum absolute atomic E-state index is 14.5. The molecular weight excluding hydrogens is 556 g/mol. The first kappa shape index (κ1) is 31.1. The number of fused-ring (bicyclic) bond motifs is 5. The molecule has 0 unspecified atom stereocenters. The van der Waals surface area contributed by atoms with E-state index in [4.69, 9.17) is 9.47 Å². The van der Waals surface area contributed by atoms with Gasteiger partial charge in [-0.1, -0.05) is 61.5 Å². The Labute approximate surface area is 259 Å². The highest BCUT2D eigenvalue weighted by molar-refractivity contribution is 6.10. The van der Waals surface area contributed by atoms with E-state index in [9.17, 15) is 14.7 Å². The van der Waals surface area contributed by atoms with Crippen molar-refractivity contribution in [3.63, 3.8) is 0 Å². The van der Waals surface area contributed by atoms with Crippen LogP contribution in [0.15, 0.2) is 72.8 Å². The zero-order chi connectivity index (χ0) is 31.4. The first-order valence-corrected chi connectivity index (χ1v) is 15.0. The van der Waals surface area contributed by atoms with Crippen LogP contribution in [0, 0.1) is 5.92 Å². The molecule has 0 saturated carbocycles. The number of urea groups is 1. The Balaban J connectivity index is 1.46. The highest BCUT2D eigenvalue weighted by atomic mass is 16.5. The molecule has 9 heteroatoms. The molecule has 0 aliphatic carbocycles. The SMILES string of the molecule is COc1ccc(CNC(=O)N(C)C[C@H]2OCc3ccccc3-c3c(n(C)c4ccccc34)C(=O)N([C@@H](C)CO)C[C@@H]2C)cc1. The van der Waals surface area contributed by atoms with Gasteiger partial charge in [-0.3, -0.25) is 4.79 Å².